The summed E-state index contributed by atoms with van der Waals surface area (Å²) in [7, 11) is 0. The van der Waals surface area contributed by atoms with Gasteiger partial charge in [-0.2, -0.15) is 0 Å². The fourth-order valence-electron chi connectivity index (χ4n) is 1.08. The third-order valence-electron chi connectivity index (χ3n) is 2.00. The summed E-state index contributed by atoms with van der Waals surface area (Å²) in [4.78, 5) is 11.4. The highest BCUT2D eigenvalue weighted by atomic mass is 32.1. The summed E-state index contributed by atoms with van der Waals surface area (Å²) in [6.45, 7) is 1.44. The maximum Gasteiger partial charge on any atom is 0.332 e. The Morgan fingerprint density at radius 1 is 1.65 bits per heavy atom. The van der Waals surface area contributed by atoms with Crippen LogP contribution in [0.3, 0.4) is 0 Å². The average Bonchev–Trinajstić information content (AvgIpc) is 2.95. The first kappa shape index (κ1) is 11.7. The van der Waals surface area contributed by atoms with Gasteiger partial charge in [0.15, 0.2) is 6.10 Å². The lowest BCUT2D eigenvalue weighted by Crippen LogP contribution is -2.19. The van der Waals surface area contributed by atoms with Gasteiger partial charge in [-0.1, -0.05) is 6.07 Å². The smallest absolute Gasteiger partial charge is 0.332 e. The van der Waals surface area contributed by atoms with Crippen molar-refractivity contribution in [1.29, 1.82) is 0 Å². The fraction of sp³-hybridized carbons (Fsp3) is 0.300. The van der Waals surface area contributed by atoms with E-state index in [9.17, 15) is 4.79 Å². The van der Waals surface area contributed by atoms with E-state index in [1.165, 1.54) is 18.3 Å². The number of rotatable bonds is 5. The van der Waals surface area contributed by atoms with Gasteiger partial charge in [-0.15, -0.1) is 21.5 Å². The molecule has 1 atom stereocenters. The van der Waals surface area contributed by atoms with Crippen molar-refractivity contribution < 1.29 is 19.1 Å². The Bertz CT molecular complexity index is 494. The van der Waals surface area contributed by atoms with E-state index in [-0.39, 0.29) is 12.5 Å². The first-order chi connectivity index (χ1) is 8.16. The molecule has 0 radical (unpaired) electrons. The largest absolute Gasteiger partial charge is 0.479 e. The molecule has 0 saturated heterocycles. The Labute approximate surface area is 101 Å². The minimum atomic E-state index is -1.03. The molecule has 0 unspecified atom stereocenters. The molecule has 2 aromatic rings. The number of carboxylic acid groups (broad SMARTS) is 1. The standard InChI is InChI=1S/C10H10N2O4S/c1-6(10(13)14)15-5-8-11-12-9(16-8)7-3-2-4-17-7/h2-4,6H,5H2,1H3,(H,13,14)/t6-/m0/s1. The number of nitrogens with zero attached hydrogens (tertiary/aromatic N) is 2. The van der Waals surface area contributed by atoms with E-state index in [1.807, 2.05) is 17.5 Å². The van der Waals surface area contributed by atoms with Crippen molar-refractivity contribution in [2.75, 3.05) is 0 Å². The lowest BCUT2D eigenvalue weighted by Gasteiger charge is -2.04. The third kappa shape index (κ3) is 2.89. The number of hydrogen-bond donors (Lipinski definition) is 1. The molecule has 1 N–H and O–H groups in total. The Balaban J connectivity index is 1.97. The first-order valence-electron chi connectivity index (χ1n) is 4.87. The van der Waals surface area contributed by atoms with Crippen molar-refractivity contribution >= 4 is 17.3 Å². The summed E-state index contributed by atoms with van der Waals surface area (Å²) in [6, 6.07) is 3.75. The molecule has 0 aliphatic heterocycles. The molecule has 90 valence electrons. The van der Waals surface area contributed by atoms with Gasteiger partial charge in [0.05, 0.1) is 4.88 Å². The van der Waals surface area contributed by atoms with Crippen LogP contribution < -0.4 is 0 Å². The Morgan fingerprint density at radius 2 is 2.47 bits per heavy atom. The monoisotopic (exact) mass is 254 g/mol. The highest BCUT2D eigenvalue weighted by Gasteiger charge is 2.14. The normalized spacial score (nSPS) is 12.5. The van der Waals surface area contributed by atoms with Crippen LogP contribution >= 0.6 is 11.3 Å². The maximum absolute atomic E-state index is 10.5. The molecule has 0 aliphatic rings. The molecule has 0 aromatic carbocycles. The van der Waals surface area contributed by atoms with E-state index in [4.69, 9.17) is 14.3 Å². The first-order valence-corrected chi connectivity index (χ1v) is 5.75. The molecule has 0 fully saturated rings. The van der Waals surface area contributed by atoms with Crippen LogP contribution in [0.1, 0.15) is 12.8 Å². The number of carbonyl (C=O) groups is 1. The zero-order valence-electron chi connectivity index (χ0n) is 8.99. The predicted octanol–water partition coefficient (Wildman–Crippen LogP) is 1.79. The van der Waals surface area contributed by atoms with Crippen LogP contribution in [0.15, 0.2) is 21.9 Å². The molecule has 0 bridgehead atoms. The van der Waals surface area contributed by atoms with Crippen LogP contribution in [-0.2, 0) is 16.1 Å². The van der Waals surface area contributed by atoms with Gasteiger partial charge in [0.1, 0.15) is 6.61 Å². The molecule has 2 rings (SSSR count). The van der Waals surface area contributed by atoms with Crippen LogP contribution in [0.5, 0.6) is 0 Å². The molecule has 6 nitrogen and oxygen atoms in total. The molecule has 7 heteroatoms. The Morgan fingerprint density at radius 3 is 3.12 bits per heavy atom. The van der Waals surface area contributed by atoms with Gasteiger partial charge < -0.3 is 14.3 Å². The van der Waals surface area contributed by atoms with E-state index in [0.717, 1.165) is 4.88 Å². The summed E-state index contributed by atoms with van der Waals surface area (Å²) in [6.07, 6.45) is -0.896. The third-order valence-corrected chi connectivity index (χ3v) is 2.86. The predicted molar refractivity (Wildman–Crippen MR) is 59.5 cm³/mol. The summed E-state index contributed by atoms with van der Waals surface area (Å²) in [5.41, 5.74) is 0. The van der Waals surface area contributed by atoms with Crippen LogP contribution in [0.25, 0.3) is 10.8 Å². The zero-order valence-corrected chi connectivity index (χ0v) is 9.81. The van der Waals surface area contributed by atoms with E-state index in [1.54, 1.807) is 0 Å². The highest BCUT2D eigenvalue weighted by molar-refractivity contribution is 7.13. The topological polar surface area (TPSA) is 85.5 Å². The number of carboxylic acids is 1. The van der Waals surface area contributed by atoms with Gasteiger partial charge in [-0.3, -0.25) is 0 Å². The van der Waals surface area contributed by atoms with Crippen LogP contribution in [-0.4, -0.2) is 27.4 Å². The second-order valence-corrected chi connectivity index (χ2v) is 4.22. The number of hydrogen-bond acceptors (Lipinski definition) is 6. The second-order valence-electron chi connectivity index (χ2n) is 3.27. The van der Waals surface area contributed by atoms with E-state index < -0.39 is 12.1 Å². The van der Waals surface area contributed by atoms with E-state index in [2.05, 4.69) is 10.2 Å². The lowest BCUT2D eigenvalue weighted by molar-refractivity contribution is -0.150. The minimum Gasteiger partial charge on any atom is -0.479 e. The molecule has 0 saturated carbocycles. The van der Waals surface area contributed by atoms with Crippen LogP contribution in [0.2, 0.25) is 0 Å². The number of aromatic nitrogens is 2. The molecule has 17 heavy (non-hydrogen) atoms. The second kappa shape index (κ2) is 5.07. The van der Waals surface area contributed by atoms with Crippen molar-refractivity contribution in [3.05, 3.63) is 23.4 Å². The van der Waals surface area contributed by atoms with Crippen molar-refractivity contribution in [3.63, 3.8) is 0 Å². The molecule has 2 heterocycles. The summed E-state index contributed by atoms with van der Waals surface area (Å²) in [5, 5.41) is 18.2. The number of ether oxygens (including phenoxy) is 1. The molecule has 0 aliphatic carbocycles. The highest BCUT2D eigenvalue weighted by Crippen LogP contribution is 2.23. The quantitative estimate of drug-likeness (QED) is 0.875. The van der Waals surface area contributed by atoms with Gasteiger partial charge >= 0.3 is 5.97 Å². The molecule has 2 aromatic heterocycles. The Hall–Kier alpha value is -1.73. The minimum absolute atomic E-state index is 0.00809. The summed E-state index contributed by atoms with van der Waals surface area (Å²) < 4.78 is 10.4. The lowest BCUT2D eigenvalue weighted by atomic mass is 10.4. The SMILES string of the molecule is C[C@H](OCc1nnc(-c2cccs2)o1)C(=O)O. The molecular weight excluding hydrogens is 244 g/mol. The van der Waals surface area contributed by atoms with E-state index in [0.29, 0.717) is 5.89 Å². The Kier molecular flexibility index (Phi) is 3.50. The fourth-order valence-corrected chi connectivity index (χ4v) is 1.72. The van der Waals surface area contributed by atoms with Crippen LogP contribution in [0, 0.1) is 0 Å². The zero-order chi connectivity index (χ0) is 12.3. The molecule has 0 spiro atoms. The van der Waals surface area contributed by atoms with Crippen molar-refractivity contribution in [2.45, 2.75) is 19.6 Å². The van der Waals surface area contributed by atoms with Gasteiger partial charge in [0.25, 0.3) is 5.89 Å². The maximum atomic E-state index is 10.5. The van der Waals surface area contributed by atoms with Gasteiger partial charge in [0, 0.05) is 0 Å². The molecular formula is C10H10N2O4S. The van der Waals surface area contributed by atoms with Gasteiger partial charge in [0.2, 0.25) is 5.89 Å². The summed E-state index contributed by atoms with van der Waals surface area (Å²) in [5.74, 6) is -0.342. The average molecular weight is 254 g/mol. The number of aliphatic carboxylic acids is 1. The number of thiophene rings is 1. The van der Waals surface area contributed by atoms with Gasteiger partial charge in [-0.25, -0.2) is 4.79 Å². The van der Waals surface area contributed by atoms with Crippen molar-refractivity contribution in [2.24, 2.45) is 0 Å². The summed E-state index contributed by atoms with van der Waals surface area (Å²) >= 11 is 1.49. The van der Waals surface area contributed by atoms with Crippen molar-refractivity contribution in [3.8, 4) is 10.8 Å². The van der Waals surface area contributed by atoms with E-state index >= 15 is 0 Å². The van der Waals surface area contributed by atoms with Crippen molar-refractivity contribution in [1.82, 2.24) is 10.2 Å². The van der Waals surface area contributed by atoms with Gasteiger partial charge in [-0.05, 0) is 18.4 Å². The molecule has 0 amide bonds. The van der Waals surface area contributed by atoms with Crippen LogP contribution in [0.4, 0.5) is 0 Å².